The molecule has 11 heteroatoms. The van der Waals surface area contributed by atoms with Gasteiger partial charge in [-0.15, -0.1) is 21.5 Å². The SMILES string of the molecule is CCCCn1c(CNC(=O)Cc2ccccc2)nnc1SC(C)C(=O)Nc1sc2c(c1C(=O)OCC)CCC2. The highest BCUT2D eigenvalue weighted by atomic mass is 32.2. The number of nitrogens with one attached hydrogen (secondary N) is 2. The monoisotopic (exact) mass is 569 g/mol. The fraction of sp³-hybridized carbons (Fsp3) is 0.464. The van der Waals surface area contributed by atoms with Crippen LogP contribution in [0.2, 0.25) is 0 Å². The maximum Gasteiger partial charge on any atom is 0.341 e. The highest BCUT2D eigenvalue weighted by molar-refractivity contribution is 8.00. The maximum atomic E-state index is 13.2. The van der Waals surface area contributed by atoms with Crippen LogP contribution in [0.3, 0.4) is 0 Å². The quantitative estimate of drug-likeness (QED) is 0.225. The lowest BCUT2D eigenvalue weighted by Gasteiger charge is -2.14. The molecule has 1 aliphatic rings. The normalized spacial score (nSPS) is 13.1. The zero-order valence-electron chi connectivity index (χ0n) is 22.6. The Bertz CT molecular complexity index is 1300. The number of anilines is 1. The van der Waals surface area contributed by atoms with Crippen molar-refractivity contribution < 1.29 is 19.1 Å². The third kappa shape index (κ3) is 7.27. The van der Waals surface area contributed by atoms with E-state index >= 15 is 0 Å². The molecule has 2 aromatic heterocycles. The molecule has 4 rings (SSSR count). The Balaban J connectivity index is 1.42. The fourth-order valence-electron chi connectivity index (χ4n) is 4.44. The number of carbonyl (C=O) groups is 3. The van der Waals surface area contributed by atoms with Crippen molar-refractivity contribution in [1.82, 2.24) is 20.1 Å². The topological polar surface area (TPSA) is 115 Å². The first-order valence-corrected chi connectivity index (χ1v) is 15.1. The molecule has 3 aromatic rings. The minimum atomic E-state index is -0.484. The molecule has 0 bridgehead atoms. The van der Waals surface area contributed by atoms with Crippen LogP contribution in [-0.2, 0) is 46.7 Å². The summed E-state index contributed by atoms with van der Waals surface area (Å²) in [6, 6.07) is 9.58. The molecule has 0 radical (unpaired) electrons. The molecule has 0 spiro atoms. The Labute approximate surface area is 237 Å². The van der Waals surface area contributed by atoms with E-state index in [0.29, 0.717) is 34.5 Å². The van der Waals surface area contributed by atoms with Gasteiger partial charge in [-0.25, -0.2) is 4.79 Å². The summed E-state index contributed by atoms with van der Waals surface area (Å²) in [5, 5.41) is 15.3. The first kappa shape index (κ1) is 28.8. The number of thioether (sulfide) groups is 1. The Morgan fingerprint density at radius 1 is 1.15 bits per heavy atom. The number of carbonyl (C=O) groups excluding carboxylic acids is 3. The molecule has 208 valence electrons. The van der Waals surface area contributed by atoms with Crippen LogP contribution in [0.25, 0.3) is 0 Å². The molecule has 0 aliphatic heterocycles. The average molecular weight is 570 g/mol. The van der Waals surface area contributed by atoms with Gasteiger partial charge in [0.05, 0.1) is 30.4 Å². The van der Waals surface area contributed by atoms with E-state index in [1.807, 2.05) is 41.8 Å². The molecule has 2 N–H and O–H groups in total. The lowest BCUT2D eigenvalue weighted by molar-refractivity contribution is -0.120. The van der Waals surface area contributed by atoms with Crippen molar-refractivity contribution >= 4 is 45.9 Å². The van der Waals surface area contributed by atoms with Crippen LogP contribution in [0.5, 0.6) is 0 Å². The number of rotatable bonds is 13. The van der Waals surface area contributed by atoms with Gasteiger partial charge in [0, 0.05) is 11.4 Å². The zero-order chi connectivity index (χ0) is 27.8. The van der Waals surface area contributed by atoms with Gasteiger partial charge < -0.3 is 19.9 Å². The van der Waals surface area contributed by atoms with Gasteiger partial charge in [-0.05, 0) is 50.7 Å². The van der Waals surface area contributed by atoms with E-state index in [0.717, 1.165) is 48.1 Å². The van der Waals surface area contributed by atoms with Crippen molar-refractivity contribution in [3.63, 3.8) is 0 Å². The number of hydrogen-bond donors (Lipinski definition) is 2. The number of hydrogen-bond acceptors (Lipinski definition) is 8. The number of unbranched alkanes of at least 4 members (excludes halogenated alkanes) is 1. The van der Waals surface area contributed by atoms with E-state index in [-0.39, 0.29) is 30.9 Å². The Morgan fingerprint density at radius 2 is 1.95 bits per heavy atom. The number of benzene rings is 1. The van der Waals surface area contributed by atoms with E-state index in [2.05, 4.69) is 27.8 Å². The Morgan fingerprint density at radius 3 is 2.69 bits per heavy atom. The van der Waals surface area contributed by atoms with Gasteiger partial charge in [-0.1, -0.05) is 55.4 Å². The second-order valence-corrected chi connectivity index (χ2v) is 11.8. The molecule has 2 heterocycles. The Kier molecular flexibility index (Phi) is 10.2. The van der Waals surface area contributed by atoms with Crippen LogP contribution in [0.15, 0.2) is 35.5 Å². The molecule has 0 fully saturated rings. The first-order valence-electron chi connectivity index (χ1n) is 13.4. The third-order valence-corrected chi connectivity index (χ3v) is 8.76. The summed E-state index contributed by atoms with van der Waals surface area (Å²) in [6.07, 6.45) is 4.95. The van der Waals surface area contributed by atoms with Crippen molar-refractivity contribution in [1.29, 1.82) is 0 Å². The number of thiophene rings is 1. The highest BCUT2D eigenvalue weighted by Gasteiger charge is 2.29. The van der Waals surface area contributed by atoms with E-state index in [9.17, 15) is 14.4 Å². The summed E-state index contributed by atoms with van der Waals surface area (Å²) in [5.74, 6) is -0.0355. The standard InChI is InChI=1S/C28H35N5O4S2/c1-4-6-15-33-22(17-29-23(34)16-19-11-8-7-9-12-19)31-32-28(33)38-18(3)25(35)30-26-24(27(36)37-5-2)20-13-10-14-21(20)39-26/h7-9,11-12,18H,4-6,10,13-17H2,1-3H3,(H,29,34)(H,30,35). The zero-order valence-corrected chi connectivity index (χ0v) is 24.3. The number of ether oxygens (including phenoxy) is 1. The molecule has 1 aromatic carbocycles. The lowest BCUT2D eigenvalue weighted by atomic mass is 10.1. The van der Waals surface area contributed by atoms with Gasteiger partial charge in [0.2, 0.25) is 11.8 Å². The molecule has 2 amide bonds. The number of nitrogens with zero attached hydrogens (tertiary/aromatic N) is 3. The fourth-order valence-corrected chi connectivity index (χ4v) is 6.61. The highest BCUT2D eigenvalue weighted by Crippen LogP contribution is 2.40. The number of fused-ring (bicyclic) bond motifs is 1. The minimum absolute atomic E-state index is 0.0894. The summed E-state index contributed by atoms with van der Waals surface area (Å²) in [5.41, 5.74) is 2.45. The second kappa shape index (κ2) is 13.7. The second-order valence-electron chi connectivity index (χ2n) is 9.37. The first-order chi connectivity index (χ1) is 18.9. The van der Waals surface area contributed by atoms with Crippen LogP contribution < -0.4 is 10.6 Å². The Hall–Kier alpha value is -3.18. The third-order valence-electron chi connectivity index (χ3n) is 6.47. The predicted molar refractivity (Wildman–Crippen MR) is 153 cm³/mol. The van der Waals surface area contributed by atoms with Crippen LogP contribution in [0.4, 0.5) is 5.00 Å². The summed E-state index contributed by atoms with van der Waals surface area (Å²) >= 11 is 2.78. The molecule has 9 nitrogen and oxygen atoms in total. The molecular weight excluding hydrogens is 534 g/mol. The van der Waals surface area contributed by atoms with Crippen molar-refractivity contribution in [2.24, 2.45) is 0 Å². The van der Waals surface area contributed by atoms with E-state index < -0.39 is 5.25 Å². The molecule has 39 heavy (non-hydrogen) atoms. The van der Waals surface area contributed by atoms with Gasteiger partial charge in [0.25, 0.3) is 0 Å². The number of esters is 1. The molecule has 0 saturated carbocycles. The summed E-state index contributed by atoms with van der Waals surface area (Å²) in [6.45, 7) is 6.92. The van der Waals surface area contributed by atoms with Crippen molar-refractivity contribution in [3.8, 4) is 0 Å². The van der Waals surface area contributed by atoms with Crippen molar-refractivity contribution in [2.45, 2.75) is 82.8 Å². The largest absolute Gasteiger partial charge is 0.462 e. The van der Waals surface area contributed by atoms with Gasteiger partial charge in [-0.2, -0.15) is 0 Å². The van der Waals surface area contributed by atoms with Crippen LogP contribution in [0, 0.1) is 0 Å². The van der Waals surface area contributed by atoms with Crippen LogP contribution in [0.1, 0.15) is 72.2 Å². The molecule has 1 unspecified atom stereocenters. The van der Waals surface area contributed by atoms with E-state index in [1.165, 1.54) is 23.1 Å². The van der Waals surface area contributed by atoms with E-state index in [4.69, 9.17) is 4.74 Å². The van der Waals surface area contributed by atoms with E-state index in [1.54, 1.807) is 6.92 Å². The number of aromatic nitrogens is 3. The van der Waals surface area contributed by atoms with Crippen LogP contribution >= 0.6 is 23.1 Å². The number of amides is 2. The molecular formula is C28H35N5O4S2. The van der Waals surface area contributed by atoms with Gasteiger partial charge in [0.1, 0.15) is 5.00 Å². The van der Waals surface area contributed by atoms with Gasteiger partial charge in [-0.3, -0.25) is 9.59 Å². The minimum Gasteiger partial charge on any atom is -0.462 e. The molecule has 0 saturated heterocycles. The molecule has 1 atom stereocenters. The van der Waals surface area contributed by atoms with Crippen molar-refractivity contribution in [2.75, 3.05) is 11.9 Å². The maximum absolute atomic E-state index is 13.2. The summed E-state index contributed by atoms with van der Waals surface area (Å²) < 4.78 is 7.26. The lowest BCUT2D eigenvalue weighted by Crippen LogP contribution is -2.26. The smallest absolute Gasteiger partial charge is 0.341 e. The van der Waals surface area contributed by atoms with Gasteiger partial charge in [0.15, 0.2) is 11.0 Å². The predicted octanol–water partition coefficient (Wildman–Crippen LogP) is 4.78. The van der Waals surface area contributed by atoms with Crippen LogP contribution in [-0.4, -0.2) is 44.4 Å². The molecule has 1 aliphatic carbocycles. The average Bonchev–Trinajstić information content (AvgIpc) is 3.61. The van der Waals surface area contributed by atoms with Crippen molar-refractivity contribution in [3.05, 3.63) is 57.7 Å². The summed E-state index contributed by atoms with van der Waals surface area (Å²) in [4.78, 5) is 39.5. The summed E-state index contributed by atoms with van der Waals surface area (Å²) in [7, 11) is 0. The number of aryl methyl sites for hydroxylation is 1. The van der Waals surface area contributed by atoms with Gasteiger partial charge >= 0.3 is 5.97 Å².